The van der Waals surface area contributed by atoms with Gasteiger partial charge in [-0.05, 0) is 11.6 Å². The van der Waals surface area contributed by atoms with Crippen molar-refractivity contribution in [3.63, 3.8) is 0 Å². The number of aliphatic hydroxyl groups is 1. The summed E-state index contributed by atoms with van der Waals surface area (Å²) in [6, 6.07) is 2.72. The quantitative estimate of drug-likeness (QED) is 0.703. The summed E-state index contributed by atoms with van der Waals surface area (Å²) in [7, 11) is 0. The molecule has 1 saturated heterocycles. The predicted octanol–water partition coefficient (Wildman–Crippen LogP) is 0.346. The van der Waals surface area contributed by atoms with Crippen molar-refractivity contribution in [2.24, 2.45) is 0 Å². The Balaban J connectivity index is 2.37. The smallest absolute Gasteiger partial charge is 0.251 e. The number of hydrogen-bond acceptors (Lipinski definition) is 3. The van der Waals surface area contributed by atoms with Gasteiger partial charge in [0, 0.05) is 29.9 Å². The number of likely N-dealkylation sites (tertiary alicyclic amines) is 1. The first-order valence-electron chi connectivity index (χ1n) is 5.82. The summed E-state index contributed by atoms with van der Waals surface area (Å²) in [6.45, 7) is -2.55. The summed E-state index contributed by atoms with van der Waals surface area (Å²) in [5, 5.41) is 9.50. The maximum absolute atomic E-state index is 11.6. The van der Waals surface area contributed by atoms with Crippen molar-refractivity contribution in [1.29, 1.82) is 0 Å². The van der Waals surface area contributed by atoms with Crippen molar-refractivity contribution in [3.8, 4) is 0 Å². The summed E-state index contributed by atoms with van der Waals surface area (Å²) >= 11 is 0. The van der Waals surface area contributed by atoms with Crippen molar-refractivity contribution in [1.82, 2.24) is 9.88 Å². The van der Waals surface area contributed by atoms with Gasteiger partial charge in [0.1, 0.15) is 6.10 Å². The molecule has 0 bridgehead atoms. The number of carbonyl (C=O) groups excluding carboxylic acids is 1. The molecule has 4 heteroatoms. The predicted molar refractivity (Wildman–Crippen MR) is 50.4 cm³/mol. The normalized spacial score (nSPS) is 31.1. The van der Waals surface area contributed by atoms with Gasteiger partial charge < -0.3 is 10.0 Å². The second-order valence-electron chi connectivity index (χ2n) is 3.26. The Hall–Kier alpha value is -1.42. The molecule has 74 valence electrons. The van der Waals surface area contributed by atoms with Crippen LogP contribution in [-0.2, 0) is 4.79 Å². The van der Waals surface area contributed by atoms with Crippen LogP contribution in [0.1, 0.15) is 22.1 Å². The standard InChI is InChI=1S/C10H12N2O2/c1-12-8(5-9(13)10(12)14)7-3-2-4-11-6-7/h2-4,6,8-9,13H,5H2,1H3/t8-,9-/m0/s1/i1D3. The van der Waals surface area contributed by atoms with Gasteiger partial charge in [-0.1, -0.05) is 6.07 Å². The minimum atomic E-state index is -2.55. The van der Waals surface area contributed by atoms with Crippen molar-refractivity contribution in [2.75, 3.05) is 6.98 Å². The maximum Gasteiger partial charge on any atom is 0.251 e. The molecule has 2 rings (SSSR count). The van der Waals surface area contributed by atoms with Crippen molar-refractivity contribution < 1.29 is 14.0 Å². The van der Waals surface area contributed by atoms with E-state index in [9.17, 15) is 9.90 Å². The Bertz CT molecular complexity index is 421. The van der Waals surface area contributed by atoms with E-state index in [2.05, 4.69) is 4.98 Å². The first-order valence-corrected chi connectivity index (χ1v) is 4.32. The lowest BCUT2D eigenvalue weighted by atomic mass is 10.1. The number of likely N-dealkylation sites (N-methyl/N-ethyl adjacent to an activating group) is 1. The molecule has 0 spiro atoms. The number of carbonyl (C=O) groups is 1. The van der Waals surface area contributed by atoms with Crippen molar-refractivity contribution in [3.05, 3.63) is 30.1 Å². The lowest BCUT2D eigenvalue weighted by Crippen LogP contribution is -2.26. The molecule has 4 nitrogen and oxygen atoms in total. The number of nitrogens with zero attached hydrogens (tertiary/aromatic N) is 2. The molecule has 0 radical (unpaired) electrons. The number of rotatable bonds is 1. The van der Waals surface area contributed by atoms with E-state index in [-0.39, 0.29) is 6.42 Å². The molecule has 0 aliphatic carbocycles. The summed E-state index contributed by atoms with van der Waals surface area (Å²) in [4.78, 5) is 16.3. The van der Waals surface area contributed by atoms with E-state index in [4.69, 9.17) is 4.11 Å². The molecule has 1 aliphatic heterocycles. The summed E-state index contributed by atoms with van der Waals surface area (Å²) in [5.74, 6) is -0.751. The van der Waals surface area contributed by atoms with Crippen LogP contribution in [0, 0.1) is 0 Å². The Morgan fingerprint density at radius 3 is 3.29 bits per heavy atom. The molecule has 1 amide bonds. The fraction of sp³-hybridized carbons (Fsp3) is 0.400. The highest BCUT2D eigenvalue weighted by atomic mass is 16.3. The van der Waals surface area contributed by atoms with Gasteiger partial charge in [0.25, 0.3) is 5.91 Å². The van der Waals surface area contributed by atoms with Crippen molar-refractivity contribution >= 4 is 5.91 Å². The van der Waals surface area contributed by atoms with Gasteiger partial charge in [-0.3, -0.25) is 9.78 Å². The Morgan fingerprint density at radius 2 is 2.64 bits per heavy atom. The van der Waals surface area contributed by atoms with E-state index in [0.29, 0.717) is 5.56 Å². The number of aromatic nitrogens is 1. The fourth-order valence-corrected chi connectivity index (χ4v) is 1.59. The van der Waals surface area contributed by atoms with Gasteiger partial charge in [-0.15, -0.1) is 0 Å². The van der Waals surface area contributed by atoms with E-state index >= 15 is 0 Å². The molecule has 2 atom stereocenters. The third-order valence-corrected chi connectivity index (χ3v) is 2.35. The van der Waals surface area contributed by atoms with E-state index < -0.39 is 25.0 Å². The SMILES string of the molecule is [2H]C([2H])([2H])N1C(=O)[C@@H](O)C[C@H]1c1cccnc1. The average Bonchev–Trinajstić information content (AvgIpc) is 2.56. The van der Waals surface area contributed by atoms with Gasteiger partial charge in [-0.2, -0.15) is 0 Å². The van der Waals surface area contributed by atoms with Gasteiger partial charge in [-0.25, -0.2) is 0 Å². The van der Waals surface area contributed by atoms with E-state index in [0.717, 1.165) is 4.90 Å². The van der Waals surface area contributed by atoms with Gasteiger partial charge >= 0.3 is 0 Å². The van der Waals surface area contributed by atoms with E-state index in [1.165, 1.54) is 6.20 Å². The Labute approximate surface area is 86.4 Å². The third kappa shape index (κ3) is 1.37. The molecule has 1 aliphatic rings. The average molecular weight is 195 g/mol. The largest absolute Gasteiger partial charge is 0.383 e. The molecule has 1 fully saturated rings. The van der Waals surface area contributed by atoms with Crippen LogP contribution in [0.5, 0.6) is 0 Å². The van der Waals surface area contributed by atoms with Gasteiger partial charge in [0.15, 0.2) is 0 Å². The summed E-state index contributed by atoms with van der Waals surface area (Å²) in [5.41, 5.74) is 0.619. The molecule has 0 unspecified atom stereocenters. The third-order valence-electron chi connectivity index (χ3n) is 2.35. The topological polar surface area (TPSA) is 53.4 Å². The van der Waals surface area contributed by atoms with E-state index in [1.54, 1.807) is 18.3 Å². The fourth-order valence-electron chi connectivity index (χ4n) is 1.59. The van der Waals surface area contributed by atoms with E-state index in [1.807, 2.05) is 0 Å². The van der Waals surface area contributed by atoms with Crippen LogP contribution in [0.4, 0.5) is 0 Å². The maximum atomic E-state index is 11.6. The van der Waals surface area contributed by atoms with Crippen LogP contribution in [0.25, 0.3) is 0 Å². The molecule has 0 aromatic carbocycles. The lowest BCUT2D eigenvalue weighted by molar-refractivity contribution is -0.134. The second kappa shape index (κ2) is 3.38. The molecule has 2 heterocycles. The first kappa shape index (κ1) is 6.14. The molecule has 1 aromatic rings. The van der Waals surface area contributed by atoms with Crippen LogP contribution in [0.15, 0.2) is 24.5 Å². The zero-order valence-electron chi connectivity index (χ0n) is 10.4. The Kier molecular flexibility index (Phi) is 1.48. The monoisotopic (exact) mass is 195 g/mol. The lowest BCUT2D eigenvalue weighted by Gasteiger charge is -2.18. The minimum Gasteiger partial charge on any atom is -0.383 e. The van der Waals surface area contributed by atoms with Gasteiger partial charge in [0.2, 0.25) is 0 Å². The highest BCUT2D eigenvalue weighted by molar-refractivity contribution is 5.83. The summed E-state index contributed by atoms with van der Waals surface area (Å²) in [6.07, 6.45) is 1.91. The van der Waals surface area contributed by atoms with Crippen LogP contribution in [-0.4, -0.2) is 34.0 Å². The molecule has 14 heavy (non-hydrogen) atoms. The van der Waals surface area contributed by atoms with Crippen LogP contribution in [0.3, 0.4) is 0 Å². The number of hydrogen-bond donors (Lipinski definition) is 1. The molecule has 1 N–H and O–H groups in total. The second-order valence-corrected chi connectivity index (χ2v) is 3.26. The highest BCUT2D eigenvalue weighted by Crippen LogP contribution is 2.30. The van der Waals surface area contributed by atoms with Crippen molar-refractivity contribution in [2.45, 2.75) is 18.6 Å². The zero-order chi connectivity index (χ0) is 12.6. The molecule has 1 aromatic heterocycles. The first-order chi connectivity index (χ1) is 7.91. The molecular formula is C10H12N2O2. The summed E-state index contributed by atoms with van der Waals surface area (Å²) < 4.78 is 22.0. The molecule has 0 saturated carbocycles. The highest BCUT2D eigenvalue weighted by Gasteiger charge is 2.36. The Morgan fingerprint density at radius 1 is 1.79 bits per heavy atom. The minimum absolute atomic E-state index is 0.0862. The van der Waals surface area contributed by atoms with Crippen LogP contribution >= 0.6 is 0 Å². The van der Waals surface area contributed by atoms with Crippen LogP contribution in [0.2, 0.25) is 0 Å². The van der Waals surface area contributed by atoms with Gasteiger partial charge in [0.05, 0.1) is 6.04 Å². The number of pyridine rings is 1. The van der Waals surface area contributed by atoms with Crippen LogP contribution < -0.4 is 0 Å². The molecular weight excluding hydrogens is 180 g/mol. The number of amides is 1. The number of aliphatic hydroxyl groups excluding tert-OH is 1. The zero-order valence-corrected chi connectivity index (χ0v) is 7.42.